The van der Waals surface area contributed by atoms with E-state index < -0.39 is 0 Å². The molecule has 1 unspecified atom stereocenters. The predicted molar refractivity (Wildman–Crippen MR) is 90.9 cm³/mol. The minimum Gasteiger partial charge on any atom is -0.305 e. The van der Waals surface area contributed by atoms with Crippen LogP contribution in [0, 0.1) is 6.92 Å². The molecule has 0 fully saturated rings. The number of hydrogen-bond donors (Lipinski definition) is 1. The molecule has 0 aliphatic heterocycles. The quantitative estimate of drug-likeness (QED) is 0.786. The SMILES string of the molecule is CCNC(c1nc(CC)c(C)s1)c1ccc(Cl)cc1Br. The standard InChI is InChI=1S/C15H18BrClN2S/c1-4-13-9(3)20-15(19-13)14(18-5-2)11-7-6-10(17)8-12(11)16/h6-8,14,18H,4-5H2,1-3H3. The summed E-state index contributed by atoms with van der Waals surface area (Å²) in [6.07, 6.45) is 0.975. The Hall–Kier alpha value is -0.420. The number of aryl methyl sites for hydroxylation is 2. The summed E-state index contributed by atoms with van der Waals surface area (Å²) in [5.41, 5.74) is 2.37. The molecule has 0 saturated carbocycles. The summed E-state index contributed by atoms with van der Waals surface area (Å²) in [7, 11) is 0. The lowest BCUT2D eigenvalue weighted by atomic mass is 10.1. The van der Waals surface area contributed by atoms with Gasteiger partial charge in [-0.2, -0.15) is 0 Å². The maximum atomic E-state index is 6.03. The zero-order valence-electron chi connectivity index (χ0n) is 11.8. The molecule has 1 heterocycles. The van der Waals surface area contributed by atoms with Crippen molar-refractivity contribution >= 4 is 38.9 Å². The second-order valence-corrected chi connectivity index (χ2v) is 7.09. The molecule has 0 spiro atoms. The Morgan fingerprint density at radius 2 is 2.15 bits per heavy atom. The number of rotatable bonds is 5. The summed E-state index contributed by atoms with van der Waals surface area (Å²) in [5.74, 6) is 0. The summed E-state index contributed by atoms with van der Waals surface area (Å²) in [6, 6.07) is 6.02. The largest absolute Gasteiger partial charge is 0.305 e. The molecule has 0 bridgehead atoms. The molecular weight excluding hydrogens is 356 g/mol. The Morgan fingerprint density at radius 3 is 2.70 bits per heavy atom. The van der Waals surface area contributed by atoms with Gasteiger partial charge >= 0.3 is 0 Å². The van der Waals surface area contributed by atoms with Crippen LogP contribution < -0.4 is 5.32 Å². The van der Waals surface area contributed by atoms with Crippen molar-refractivity contribution in [2.45, 2.75) is 33.2 Å². The highest BCUT2D eigenvalue weighted by atomic mass is 79.9. The third kappa shape index (κ3) is 3.42. The highest BCUT2D eigenvalue weighted by molar-refractivity contribution is 9.10. The van der Waals surface area contributed by atoms with Crippen LogP contribution in [0.5, 0.6) is 0 Å². The van der Waals surface area contributed by atoms with E-state index in [9.17, 15) is 0 Å². The van der Waals surface area contributed by atoms with Crippen molar-refractivity contribution in [3.8, 4) is 0 Å². The Morgan fingerprint density at radius 1 is 1.40 bits per heavy atom. The second kappa shape index (κ2) is 7.03. The average Bonchev–Trinajstić information content (AvgIpc) is 2.78. The van der Waals surface area contributed by atoms with Crippen molar-refractivity contribution in [2.24, 2.45) is 0 Å². The van der Waals surface area contributed by atoms with Gasteiger partial charge in [-0.25, -0.2) is 4.98 Å². The van der Waals surface area contributed by atoms with Crippen LogP contribution in [0.25, 0.3) is 0 Å². The molecule has 1 aromatic heterocycles. The van der Waals surface area contributed by atoms with Crippen molar-refractivity contribution < 1.29 is 0 Å². The van der Waals surface area contributed by atoms with Gasteiger partial charge in [-0.1, -0.05) is 47.4 Å². The van der Waals surface area contributed by atoms with E-state index in [1.54, 1.807) is 11.3 Å². The maximum absolute atomic E-state index is 6.03. The molecule has 0 amide bonds. The van der Waals surface area contributed by atoms with Crippen LogP contribution in [-0.4, -0.2) is 11.5 Å². The molecule has 1 atom stereocenters. The van der Waals surface area contributed by atoms with Crippen LogP contribution in [0.3, 0.4) is 0 Å². The van der Waals surface area contributed by atoms with Crippen LogP contribution >= 0.6 is 38.9 Å². The van der Waals surface area contributed by atoms with Crippen LogP contribution in [0.15, 0.2) is 22.7 Å². The molecule has 0 aliphatic rings. The second-order valence-electron chi connectivity index (χ2n) is 4.57. The molecule has 108 valence electrons. The molecular formula is C15H18BrClN2S. The fourth-order valence-corrected chi connectivity index (χ4v) is 4.19. The van der Waals surface area contributed by atoms with Crippen molar-refractivity contribution in [3.05, 3.63) is 48.8 Å². The molecule has 0 saturated heterocycles. The van der Waals surface area contributed by atoms with E-state index in [-0.39, 0.29) is 6.04 Å². The fourth-order valence-electron chi connectivity index (χ4n) is 2.17. The van der Waals surface area contributed by atoms with Crippen molar-refractivity contribution in [1.82, 2.24) is 10.3 Å². The van der Waals surface area contributed by atoms with Gasteiger partial charge < -0.3 is 5.32 Å². The van der Waals surface area contributed by atoms with Gasteiger partial charge in [0.1, 0.15) is 5.01 Å². The van der Waals surface area contributed by atoms with Gasteiger partial charge in [-0.05, 0) is 37.6 Å². The lowest BCUT2D eigenvalue weighted by Gasteiger charge is -2.17. The molecule has 5 heteroatoms. The van der Waals surface area contributed by atoms with E-state index in [1.165, 1.54) is 16.1 Å². The highest BCUT2D eigenvalue weighted by Gasteiger charge is 2.20. The number of aromatic nitrogens is 1. The summed E-state index contributed by atoms with van der Waals surface area (Å²) in [4.78, 5) is 6.09. The van der Waals surface area contributed by atoms with Crippen molar-refractivity contribution in [1.29, 1.82) is 0 Å². The third-order valence-corrected chi connectivity index (χ3v) is 5.17. The zero-order valence-corrected chi connectivity index (χ0v) is 15.0. The maximum Gasteiger partial charge on any atom is 0.115 e. The van der Waals surface area contributed by atoms with Crippen LogP contribution in [0.2, 0.25) is 5.02 Å². The normalized spacial score (nSPS) is 12.7. The molecule has 2 nitrogen and oxygen atoms in total. The number of benzene rings is 1. The first-order valence-electron chi connectivity index (χ1n) is 6.71. The highest BCUT2D eigenvalue weighted by Crippen LogP contribution is 2.33. The molecule has 0 radical (unpaired) electrons. The first kappa shape index (κ1) is 16.0. The van der Waals surface area contributed by atoms with E-state index >= 15 is 0 Å². The smallest absolute Gasteiger partial charge is 0.115 e. The first-order chi connectivity index (χ1) is 9.56. The molecule has 1 aromatic carbocycles. The molecule has 1 N–H and O–H groups in total. The van der Waals surface area contributed by atoms with Gasteiger partial charge in [0.05, 0.1) is 11.7 Å². The summed E-state index contributed by atoms with van der Waals surface area (Å²) < 4.78 is 1.02. The van der Waals surface area contributed by atoms with E-state index in [2.05, 4.69) is 48.1 Å². The van der Waals surface area contributed by atoms with Gasteiger partial charge in [-0.3, -0.25) is 0 Å². The van der Waals surface area contributed by atoms with Gasteiger partial charge in [0.15, 0.2) is 0 Å². The Kier molecular flexibility index (Phi) is 5.61. The van der Waals surface area contributed by atoms with E-state index in [0.29, 0.717) is 0 Å². The van der Waals surface area contributed by atoms with Crippen molar-refractivity contribution in [3.63, 3.8) is 0 Å². The van der Waals surface area contributed by atoms with Gasteiger partial charge in [0.25, 0.3) is 0 Å². The Balaban J connectivity index is 2.44. The summed E-state index contributed by atoms with van der Waals surface area (Å²) in [6.45, 7) is 7.28. The minimum absolute atomic E-state index is 0.107. The number of nitrogens with zero attached hydrogens (tertiary/aromatic N) is 1. The molecule has 2 aromatic rings. The van der Waals surface area contributed by atoms with E-state index in [1.807, 2.05) is 12.1 Å². The Labute approximate surface area is 137 Å². The predicted octanol–water partition coefficient (Wildman–Crippen LogP) is 5.13. The summed E-state index contributed by atoms with van der Waals surface area (Å²) in [5, 5.41) is 5.37. The fraction of sp³-hybridized carbons (Fsp3) is 0.400. The minimum atomic E-state index is 0.107. The van der Waals surface area contributed by atoms with E-state index in [0.717, 1.165) is 27.5 Å². The van der Waals surface area contributed by atoms with Gasteiger partial charge in [0, 0.05) is 14.4 Å². The molecule has 0 aliphatic carbocycles. The molecule has 2 rings (SSSR count). The third-order valence-electron chi connectivity index (χ3n) is 3.17. The number of thiazole rings is 1. The lowest BCUT2D eigenvalue weighted by Crippen LogP contribution is -2.22. The first-order valence-corrected chi connectivity index (χ1v) is 8.70. The zero-order chi connectivity index (χ0) is 14.7. The number of hydrogen-bond acceptors (Lipinski definition) is 3. The number of nitrogens with one attached hydrogen (secondary N) is 1. The van der Waals surface area contributed by atoms with Gasteiger partial charge in [0.2, 0.25) is 0 Å². The molecule has 20 heavy (non-hydrogen) atoms. The average molecular weight is 374 g/mol. The van der Waals surface area contributed by atoms with Crippen LogP contribution in [0.1, 0.15) is 41.0 Å². The van der Waals surface area contributed by atoms with Crippen LogP contribution in [-0.2, 0) is 6.42 Å². The lowest BCUT2D eigenvalue weighted by molar-refractivity contribution is 0.623. The number of halogens is 2. The van der Waals surface area contributed by atoms with Crippen molar-refractivity contribution in [2.75, 3.05) is 6.54 Å². The van der Waals surface area contributed by atoms with E-state index in [4.69, 9.17) is 16.6 Å². The van der Waals surface area contributed by atoms with Gasteiger partial charge in [-0.15, -0.1) is 11.3 Å². The summed E-state index contributed by atoms with van der Waals surface area (Å²) >= 11 is 11.4. The topological polar surface area (TPSA) is 24.9 Å². The monoisotopic (exact) mass is 372 g/mol. The van der Waals surface area contributed by atoms with Crippen LogP contribution in [0.4, 0.5) is 0 Å². The Bertz CT molecular complexity index is 598.